The molecule has 0 bridgehead atoms. The number of nitrogens with zero attached hydrogens (tertiary/aromatic N) is 1. The number of carbonyl (C=O) groups excluding carboxylic acids is 1. The zero-order chi connectivity index (χ0) is 18.7. The van der Waals surface area contributed by atoms with Crippen LogP contribution in [0.3, 0.4) is 0 Å². The Morgan fingerprint density at radius 2 is 1.50 bits per heavy atom. The lowest BCUT2D eigenvalue weighted by molar-refractivity contribution is 0.102. The standard InChI is InChI=1S/C18H18N2O5S/c1-22-11-6-5-7-12(23-2)16(11)17(21)20-18-19-10-8-13(24-3)14(25-4)9-15(10)26-18/h5-9H,1-4H3,(H,19,20,21). The predicted octanol–water partition coefficient (Wildman–Crippen LogP) is 3.58. The molecule has 0 aliphatic rings. The molecule has 7 nitrogen and oxygen atoms in total. The summed E-state index contributed by atoms with van der Waals surface area (Å²) in [4.78, 5) is 17.2. The number of rotatable bonds is 6. The van der Waals surface area contributed by atoms with Crippen molar-refractivity contribution in [1.82, 2.24) is 4.98 Å². The van der Waals surface area contributed by atoms with Gasteiger partial charge in [-0.15, -0.1) is 0 Å². The van der Waals surface area contributed by atoms with Gasteiger partial charge in [0.1, 0.15) is 17.1 Å². The summed E-state index contributed by atoms with van der Waals surface area (Å²) in [5.74, 6) is 1.66. The third kappa shape index (κ3) is 3.23. The van der Waals surface area contributed by atoms with Crippen LogP contribution in [0.4, 0.5) is 5.13 Å². The summed E-state index contributed by atoms with van der Waals surface area (Å²) in [6.45, 7) is 0. The summed E-state index contributed by atoms with van der Waals surface area (Å²) in [5.41, 5.74) is 1.02. The minimum absolute atomic E-state index is 0.312. The molecule has 1 heterocycles. The molecule has 0 aliphatic carbocycles. The SMILES string of the molecule is COc1cc2nc(NC(=O)c3c(OC)cccc3OC)sc2cc1OC. The van der Waals surface area contributed by atoms with Crippen LogP contribution in [0.15, 0.2) is 30.3 Å². The molecule has 1 amide bonds. The Labute approximate surface area is 154 Å². The Bertz CT molecular complexity index is 891. The average Bonchev–Trinajstić information content (AvgIpc) is 3.06. The molecule has 1 aromatic heterocycles. The number of benzene rings is 2. The van der Waals surface area contributed by atoms with Crippen LogP contribution in [0.5, 0.6) is 23.0 Å². The molecule has 8 heteroatoms. The second-order valence-electron chi connectivity index (χ2n) is 5.19. The largest absolute Gasteiger partial charge is 0.496 e. The molecule has 0 radical (unpaired) electrons. The van der Waals surface area contributed by atoms with Crippen LogP contribution in [0.2, 0.25) is 0 Å². The third-order valence-corrected chi connectivity index (χ3v) is 4.70. The Hall–Kier alpha value is -3.00. The van der Waals surface area contributed by atoms with Gasteiger partial charge in [-0.2, -0.15) is 0 Å². The first-order valence-corrected chi connectivity index (χ1v) is 8.47. The maximum Gasteiger partial charge on any atom is 0.265 e. The molecule has 2 aromatic carbocycles. The summed E-state index contributed by atoms with van der Waals surface area (Å²) in [7, 11) is 6.14. The Kier molecular flexibility index (Phi) is 5.13. The van der Waals surface area contributed by atoms with E-state index in [1.165, 1.54) is 25.6 Å². The molecular formula is C18H18N2O5S. The monoisotopic (exact) mass is 374 g/mol. The molecular weight excluding hydrogens is 356 g/mol. The fraction of sp³-hybridized carbons (Fsp3) is 0.222. The molecule has 0 spiro atoms. The number of hydrogen-bond donors (Lipinski definition) is 1. The fourth-order valence-corrected chi connectivity index (χ4v) is 3.41. The highest BCUT2D eigenvalue weighted by atomic mass is 32.1. The summed E-state index contributed by atoms with van der Waals surface area (Å²) in [6, 6.07) is 8.75. The van der Waals surface area contributed by atoms with E-state index in [0.717, 1.165) is 4.70 Å². The van der Waals surface area contributed by atoms with Gasteiger partial charge in [0.15, 0.2) is 16.6 Å². The lowest BCUT2D eigenvalue weighted by Crippen LogP contribution is -2.14. The van der Waals surface area contributed by atoms with Crippen molar-refractivity contribution in [3.05, 3.63) is 35.9 Å². The molecule has 136 valence electrons. The topological polar surface area (TPSA) is 78.9 Å². The second kappa shape index (κ2) is 7.49. The van der Waals surface area contributed by atoms with Crippen molar-refractivity contribution in [2.75, 3.05) is 33.8 Å². The van der Waals surface area contributed by atoms with Gasteiger partial charge in [0.2, 0.25) is 0 Å². The molecule has 0 fully saturated rings. The van der Waals surface area contributed by atoms with E-state index in [-0.39, 0.29) is 5.91 Å². The van der Waals surface area contributed by atoms with Crippen molar-refractivity contribution in [2.45, 2.75) is 0 Å². The smallest absolute Gasteiger partial charge is 0.265 e. The highest BCUT2D eigenvalue weighted by Crippen LogP contribution is 2.37. The molecule has 0 saturated heterocycles. The lowest BCUT2D eigenvalue weighted by Gasteiger charge is -2.11. The highest BCUT2D eigenvalue weighted by Gasteiger charge is 2.20. The number of aromatic nitrogens is 1. The van der Waals surface area contributed by atoms with Crippen molar-refractivity contribution in [1.29, 1.82) is 0 Å². The molecule has 1 N–H and O–H groups in total. The summed E-state index contributed by atoms with van der Waals surface area (Å²) >= 11 is 1.34. The van der Waals surface area contributed by atoms with Crippen molar-refractivity contribution in [3.8, 4) is 23.0 Å². The summed E-state index contributed by atoms with van der Waals surface area (Å²) in [5, 5.41) is 3.25. The zero-order valence-electron chi connectivity index (χ0n) is 14.8. The first-order valence-electron chi connectivity index (χ1n) is 7.66. The fourth-order valence-electron chi connectivity index (χ4n) is 2.54. The maximum absolute atomic E-state index is 12.7. The van der Waals surface area contributed by atoms with Gasteiger partial charge in [0.05, 0.1) is 38.7 Å². The van der Waals surface area contributed by atoms with Crippen LogP contribution in [0.1, 0.15) is 10.4 Å². The Balaban J connectivity index is 1.95. The van der Waals surface area contributed by atoms with E-state index in [1.54, 1.807) is 38.5 Å². The molecule has 0 unspecified atom stereocenters. The first-order chi connectivity index (χ1) is 12.6. The van der Waals surface area contributed by atoms with Crippen LogP contribution < -0.4 is 24.3 Å². The number of anilines is 1. The summed E-state index contributed by atoms with van der Waals surface area (Å²) in [6.07, 6.45) is 0. The number of hydrogen-bond acceptors (Lipinski definition) is 7. The van der Waals surface area contributed by atoms with E-state index in [0.29, 0.717) is 39.2 Å². The number of ether oxygens (including phenoxy) is 4. The Morgan fingerprint density at radius 3 is 2.08 bits per heavy atom. The molecule has 26 heavy (non-hydrogen) atoms. The maximum atomic E-state index is 12.7. The van der Waals surface area contributed by atoms with Crippen molar-refractivity contribution < 1.29 is 23.7 Å². The van der Waals surface area contributed by atoms with E-state index in [9.17, 15) is 4.79 Å². The normalized spacial score (nSPS) is 10.5. The Morgan fingerprint density at radius 1 is 0.923 bits per heavy atom. The van der Waals surface area contributed by atoms with E-state index in [1.807, 2.05) is 6.07 Å². The minimum atomic E-state index is -0.364. The molecule has 0 saturated carbocycles. The van der Waals surface area contributed by atoms with Crippen LogP contribution in [-0.2, 0) is 0 Å². The van der Waals surface area contributed by atoms with Gasteiger partial charge in [-0.25, -0.2) is 4.98 Å². The highest BCUT2D eigenvalue weighted by molar-refractivity contribution is 7.22. The quantitative estimate of drug-likeness (QED) is 0.710. The minimum Gasteiger partial charge on any atom is -0.496 e. The van der Waals surface area contributed by atoms with Gasteiger partial charge in [-0.05, 0) is 12.1 Å². The van der Waals surface area contributed by atoms with Gasteiger partial charge < -0.3 is 18.9 Å². The number of carbonyl (C=O) groups is 1. The lowest BCUT2D eigenvalue weighted by atomic mass is 10.1. The average molecular weight is 374 g/mol. The van der Waals surface area contributed by atoms with E-state index >= 15 is 0 Å². The van der Waals surface area contributed by atoms with Crippen molar-refractivity contribution >= 4 is 32.6 Å². The summed E-state index contributed by atoms with van der Waals surface area (Å²) < 4.78 is 22.0. The number of thiazole rings is 1. The zero-order valence-corrected chi connectivity index (χ0v) is 15.6. The van der Waals surface area contributed by atoms with Gasteiger partial charge in [0, 0.05) is 12.1 Å². The van der Waals surface area contributed by atoms with E-state index in [2.05, 4.69) is 10.3 Å². The van der Waals surface area contributed by atoms with Gasteiger partial charge in [-0.1, -0.05) is 17.4 Å². The number of methoxy groups -OCH3 is 4. The van der Waals surface area contributed by atoms with Gasteiger partial charge >= 0.3 is 0 Å². The van der Waals surface area contributed by atoms with Crippen molar-refractivity contribution in [2.24, 2.45) is 0 Å². The molecule has 0 aliphatic heterocycles. The van der Waals surface area contributed by atoms with E-state index < -0.39 is 0 Å². The predicted molar refractivity (Wildman–Crippen MR) is 100 cm³/mol. The number of nitrogens with one attached hydrogen (secondary N) is 1. The second-order valence-corrected chi connectivity index (χ2v) is 6.22. The van der Waals surface area contributed by atoms with Crippen LogP contribution in [0, 0.1) is 0 Å². The van der Waals surface area contributed by atoms with E-state index in [4.69, 9.17) is 18.9 Å². The van der Waals surface area contributed by atoms with Gasteiger partial charge in [0.25, 0.3) is 5.91 Å². The van der Waals surface area contributed by atoms with Crippen LogP contribution >= 0.6 is 11.3 Å². The number of amides is 1. The van der Waals surface area contributed by atoms with Crippen LogP contribution in [-0.4, -0.2) is 39.3 Å². The number of fused-ring (bicyclic) bond motifs is 1. The van der Waals surface area contributed by atoms with Crippen LogP contribution in [0.25, 0.3) is 10.2 Å². The third-order valence-electron chi connectivity index (χ3n) is 3.77. The molecule has 0 atom stereocenters. The molecule has 3 aromatic rings. The first kappa shape index (κ1) is 17.8. The van der Waals surface area contributed by atoms with Crippen molar-refractivity contribution in [3.63, 3.8) is 0 Å². The molecule has 3 rings (SSSR count). The van der Waals surface area contributed by atoms with Gasteiger partial charge in [-0.3, -0.25) is 10.1 Å².